The minimum Gasteiger partial charge on any atom is -0.334 e. The molecular weight excluding hydrogens is 325 g/mol. The van der Waals surface area contributed by atoms with Crippen molar-refractivity contribution < 1.29 is 22.5 Å². The van der Waals surface area contributed by atoms with Crippen LogP contribution in [0.2, 0.25) is 0 Å². The number of benzene rings is 1. The molecule has 0 saturated heterocycles. The first kappa shape index (κ1) is 17.8. The van der Waals surface area contributed by atoms with Crippen molar-refractivity contribution in [3.05, 3.63) is 35.7 Å². The number of hydrogen-bond acceptors (Lipinski definition) is 4. The van der Waals surface area contributed by atoms with Gasteiger partial charge in [0.05, 0.1) is 0 Å². The lowest BCUT2D eigenvalue weighted by Gasteiger charge is -2.21. The zero-order chi connectivity index (χ0) is 17.9. The fourth-order valence-electron chi connectivity index (χ4n) is 1.76. The predicted octanol–water partition coefficient (Wildman–Crippen LogP) is 3.31. The Kier molecular flexibility index (Phi) is 5.10. The Morgan fingerprint density at radius 3 is 2.42 bits per heavy atom. The highest BCUT2D eigenvalue weighted by Gasteiger charge is 2.38. The Hall–Kier alpha value is -2.58. The molecule has 0 unspecified atom stereocenters. The smallest absolute Gasteiger partial charge is 0.334 e. The summed E-state index contributed by atoms with van der Waals surface area (Å²) in [5, 5.41) is 6.07. The first-order chi connectivity index (χ1) is 11.2. The van der Waals surface area contributed by atoms with Crippen LogP contribution in [-0.2, 0) is 12.7 Å². The maximum Gasteiger partial charge on any atom is 0.471 e. The van der Waals surface area contributed by atoms with E-state index in [0.29, 0.717) is 12.1 Å². The molecule has 1 heterocycles. The molecule has 1 aromatic heterocycles. The summed E-state index contributed by atoms with van der Waals surface area (Å²) >= 11 is 0. The van der Waals surface area contributed by atoms with Crippen LogP contribution in [0.15, 0.2) is 28.8 Å². The molecule has 0 aliphatic carbocycles. The van der Waals surface area contributed by atoms with Gasteiger partial charge in [-0.05, 0) is 19.4 Å². The third kappa shape index (κ3) is 4.24. The SMILES string of the molecule is CC(C)N(C)C(=O)NCc1ccc(-c2noc(C(F)(F)F)n2)cc1. The number of amides is 2. The molecule has 0 aliphatic rings. The van der Waals surface area contributed by atoms with Crippen LogP contribution < -0.4 is 5.32 Å². The number of hydrogen-bond donors (Lipinski definition) is 1. The van der Waals surface area contributed by atoms with Crippen molar-refractivity contribution in [2.75, 3.05) is 7.05 Å². The highest BCUT2D eigenvalue weighted by molar-refractivity contribution is 5.74. The van der Waals surface area contributed by atoms with E-state index in [9.17, 15) is 18.0 Å². The Bertz CT molecular complexity index is 695. The van der Waals surface area contributed by atoms with Gasteiger partial charge in [-0.15, -0.1) is 0 Å². The number of carbonyl (C=O) groups is 1. The molecule has 2 aromatic rings. The average Bonchev–Trinajstić information content (AvgIpc) is 3.02. The van der Waals surface area contributed by atoms with E-state index in [-0.39, 0.29) is 17.9 Å². The quantitative estimate of drug-likeness (QED) is 0.925. The predicted molar refractivity (Wildman–Crippen MR) is 79.9 cm³/mol. The normalized spacial score (nSPS) is 11.6. The largest absolute Gasteiger partial charge is 0.471 e. The van der Waals surface area contributed by atoms with Crippen LogP contribution in [0, 0.1) is 0 Å². The summed E-state index contributed by atoms with van der Waals surface area (Å²) in [7, 11) is 1.69. The van der Waals surface area contributed by atoms with Gasteiger partial charge in [0.25, 0.3) is 0 Å². The van der Waals surface area contributed by atoms with E-state index in [2.05, 4.69) is 20.0 Å². The molecule has 0 fully saturated rings. The molecule has 6 nitrogen and oxygen atoms in total. The van der Waals surface area contributed by atoms with Gasteiger partial charge in [-0.2, -0.15) is 18.2 Å². The summed E-state index contributed by atoms with van der Waals surface area (Å²) < 4.78 is 41.5. The van der Waals surface area contributed by atoms with Crippen molar-refractivity contribution in [3.8, 4) is 11.4 Å². The van der Waals surface area contributed by atoms with Gasteiger partial charge in [-0.3, -0.25) is 0 Å². The van der Waals surface area contributed by atoms with Gasteiger partial charge in [-0.25, -0.2) is 4.79 Å². The van der Waals surface area contributed by atoms with Gasteiger partial charge in [0, 0.05) is 25.2 Å². The van der Waals surface area contributed by atoms with E-state index in [1.807, 2.05) is 13.8 Å². The molecule has 2 rings (SSSR count). The first-order valence-electron chi connectivity index (χ1n) is 7.19. The van der Waals surface area contributed by atoms with Gasteiger partial charge in [0.1, 0.15) is 0 Å². The van der Waals surface area contributed by atoms with Crippen LogP contribution in [0.5, 0.6) is 0 Å². The van der Waals surface area contributed by atoms with Crippen molar-refractivity contribution in [3.63, 3.8) is 0 Å². The summed E-state index contributed by atoms with van der Waals surface area (Å²) in [6.45, 7) is 4.10. The number of aromatic nitrogens is 2. The topological polar surface area (TPSA) is 71.3 Å². The van der Waals surface area contributed by atoms with Gasteiger partial charge in [-0.1, -0.05) is 29.4 Å². The molecule has 0 spiro atoms. The summed E-state index contributed by atoms with van der Waals surface area (Å²) in [5.41, 5.74) is 1.19. The van der Waals surface area contributed by atoms with Gasteiger partial charge in [0.2, 0.25) is 5.82 Å². The molecule has 1 aromatic carbocycles. The maximum atomic E-state index is 12.4. The molecule has 2 amide bonds. The highest BCUT2D eigenvalue weighted by atomic mass is 19.4. The minimum absolute atomic E-state index is 0.0773. The van der Waals surface area contributed by atoms with Crippen LogP contribution in [0.25, 0.3) is 11.4 Å². The van der Waals surface area contributed by atoms with Gasteiger partial charge in [0.15, 0.2) is 0 Å². The van der Waals surface area contributed by atoms with Crippen LogP contribution >= 0.6 is 0 Å². The summed E-state index contributed by atoms with van der Waals surface area (Å²) in [6.07, 6.45) is -4.67. The molecule has 0 radical (unpaired) electrons. The van der Waals surface area contributed by atoms with E-state index in [4.69, 9.17) is 0 Å². The third-order valence-electron chi connectivity index (χ3n) is 3.42. The number of carbonyl (C=O) groups excluding carboxylic acids is 1. The zero-order valence-corrected chi connectivity index (χ0v) is 13.4. The molecule has 9 heteroatoms. The fourth-order valence-corrected chi connectivity index (χ4v) is 1.76. The Labute approximate surface area is 136 Å². The van der Waals surface area contributed by atoms with E-state index >= 15 is 0 Å². The summed E-state index contributed by atoms with van der Waals surface area (Å²) in [6, 6.07) is 6.36. The molecule has 130 valence electrons. The lowest BCUT2D eigenvalue weighted by molar-refractivity contribution is -0.159. The number of alkyl halides is 3. The molecular formula is C15H17F3N4O2. The van der Waals surface area contributed by atoms with E-state index in [1.54, 1.807) is 36.2 Å². The van der Waals surface area contributed by atoms with E-state index < -0.39 is 12.1 Å². The van der Waals surface area contributed by atoms with Crippen LogP contribution in [0.4, 0.5) is 18.0 Å². The minimum atomic E-state index is -4.67. The lowest BCUT2D eigenvalue weighted by atomic mass is 10.1. The van der Waals surface area contributed by atoms with Crippen LogP contribution in [0.1, 0.15) is 25.3 Å². The Balaban J connectivity index is 2.01. The van der Waals surface area contributed by atoms with Crippen molar-refractivity contribution >= 4 is 6.03 Å². The number of rotatable bonds is 4. The summed E-state index contributed by atoms with van der Waals surface area (Å²) in [5.74, 6) is -1.52. The maximum absolute atomic E-state index is 12.4. The zero-order valence-electron chi connectivity index (χ0n) is 13.4. The molecule has 24 heavy (non-hydrogen) atoms. The summed E-state index contributed by atoms with van der Waals surface area (Å²) in [4.78, 5) is 16.7. The van der Waals surface area contributed by atoms with E-state index in [1.165, 1.54) is 0 Å². The van der Waals surface area contributed by atoms with Gasteiger partial charge >= 0.3 is 18.1 Å². The lowest BCUT2D eigenvalue weighted by Crippen LogP contribution is -2.40. The molecule has 0 bridgehead atoms. The van der Waals surface area contributed by atoms with E-state index in [0.717, 1.165) is 5.56 Å². The van der Waals surface area contributed by atoms with Crippen molar-refractivity contribution in [1.82, 2.24) is 20.4 Å². The molecule has 0 saturated carbocycles. The second-order valence-corrected chi connectivity index (χ2v) is 5.48. The molecule has 0 aliphatic heterocycles. The van der Waals surface area contributed by atoms with Crippen molar-refractivity contribution in [2.24, 2.45) is 0 Å². The third-order valence-corrected chi connectivity index (χ3v) is 3.42. The molecule has 1 N–H and O–H groups in total. The second-order valence-electron chi connectivity index (χ2n) is 5.48. The number of nitrogens with zero attached hydrogens (tertiary/aromatic N) is 3. The van der Waals surface area contributed by atoms with Crippen molar-refractivity contribution in [2.45, 2.75) is 32.6 Å². The standard InChI is InChI=1S/C15H17F3N4O2/c1-9(2)22(3)14(23)19-8-10-4-6-11(7-5-10)12-20-13(24-21-12)15(16,17)18/h4-7,9H,8H2,1-3H3,(H,19,23). The van der Waals surface area contributed by atoms with Crippen LogP contribution in [-0.4, -0.2) is 34.2 Å². The monoisotopic (exact) mass is 342 g/mol. The fraction of sp³-hybridized carbons (Fsp3) is 0.400. The second kappa shape index (κ2) is 6.90. The first-order valence-corrected chi connectivity index (χ1v) is 7.19. The van der Waals surface area contributed by atoms with Crippen molar-refractivity contribution in [1.29, 1.82) is 0 Å². The highest BCUT2D eigenvalue weighted by Crippen LogP contribution is 2.29. The van der Waals surface area contributed by atoms with Crippen LogP contribution in [0.3, 0.4) is 0 Å². The van der Waals surface area contributed by atoms with Gasteiger partial charge < -0.3 is 14.7 Å². The number of halogens is 3. The number of urea groups is 1. The average molecular weight is 342 g/mol. The Morgan fingerprint density at radius 2 is 1.92 bits per heavy atom. The molecule has 0 atom stereocenters. The Morgan fingerprint density at radius 1 is 1.29 bits per heavy atom. The number of nitrogens with one attached hydrogen (secondary N) is 1.